The minimum absolute atomic E-state index is 0.0400. The van der Waals surface area contributed by atoms with Crippen LogP contribution in [-0.2, 0) is 4.79 Å². The van der Waals surface area contributed by atoms with Gasteiger partial charge in [-0.25, -0.2) is 0 Å². The summed E-state index contributed by atoms with van der Waals surface area (Å²) >= 11 is 0. The predicted octanol–water partition coefficient (Wildman–Crippen LogP) is 3.85. The number of ether oxygens (including phenoxy) is 3. The fraction of sp³-hybridized carbons (Fsp3) is 0.125. The number of carbonyl (C=O) groups is 2. The number of hydrogen-bond acceptors (Lipinski definition) is 7. The molecule has 0 fully saturated rings. The molecule has 2 aromatic carbocycles. The average molecular weight is 415 g/mol. The highest BCUT2D eigenvalue weighted by Gasteiger charge is 2.38. The van der Waals surface area contributed by atoms with Crippen molar-refractivity contribution in [1.82, 2.24) is 4.98 Å². The van der Waals surface area contributed by atoms with Crippen LogP contribution < -0.4 is 14.2 Å². The fourth-order valence-electron chi connectivity index (χ4n) is 3.93. The summed E-state index contributed by atoms with van der Waals surface area (Å²) in [5.74, 6) is 0.252. The average Bonchev–Trinajstić information content (AvgIpc) is 3.09. The maximum absolute atomic E-state index is 13.0. The molecule has 31 heavy (non-hydrogen) atoms. The molecular weight excluding hydrogens is 398 g/mol. The highest BCUT2D eigenvalue weighted by molar-refractivity contribution is 6.15. The van der Waals surface area contributed by atoms with Crippen LogP contribution in [0.1, 0.15) is 39.4 Å². The second-order valence-corrected chi connectivity index (χ2v) is 7.24. The summed E-state index contributed by atoms with van der Waals surface area (Å²) in [6, 6.07) is 11.7. The molecule has 1 aromatic heterocycles. The number of phenolic OH excluding ortho intramolecular Hbond substituents is 1. The van der Waals surface area contributed by atoms with Crippen LogP contribution in [0, 0.1) is 0 Å². The Morgan fingerprint density at radius 3 is 2.65 bits per heavy atom. The summed E-state index contributed by atoms with van der Waals surface area (Å²) in [5, 5.41) is 10.0. The lowest BCUT2D eigenvalue weighted by molar-refractivity contribution is -0.135. The quantitative estimate of drug-likeness (QED) is 0.394. The summed E-state index contributed by atoms with van der Waals surface area (Å²) in [5.41, 5.74) is 2.53. The Kier molecular flexibility index (Phi) is 4.43. The van der Waals surface area contributed by atoms with Crippen LogP contribution in [0.2, 0.25) is 0 Å². The van der Waals surface area contributed by atoms with Crippen molar-refractivity contribution in [2.75, 3.05) is 7.11 Å². The van der Waals surface area contributed by atoms with E-state index in [1.807, 2.05) is 12.1 Å². The number of pyridine rings is 1. The zero-order chi connectivity index (χ0) is 21.5. The van der Waals surface area contributed by atoms with E-state index in [9.17, 15) is 14.7 Å². The van der Waals surface area contributed by atoms with Gasteiger partial charge in [0.2, 0.25) is 5.78 Å². The van der Waals surface area contributed by atoms with Crippen molar-refractivity contribution >= 4 is 17.8 Å². The fourth-order valence-corrected chi connectivity index (χ4v) is 3.93. The van der Waals surface area contributed by atoms with Crippen LogP contribution in [0.15, 0.2) is 60.6 Å². The van der Waals surface area contributed by atoms with Crippen molar-refractivity contribution in [3.8, 4) is 23.0 Å². The van der Waals surface area contributed by atoms with Crippen molar-refractivity contribution in [2.24, 2.45) is 0 Å². The molecular formula is C24H17NO6. The number of hydrogen-bond donors (Lipinski definition) is 1. The number of carbonyl (C=O) groups excluding carboxylic acids is 2. The summed E-state index contributed by atoms with van der Waals surface area (Å²) < 4.78 is 16.5. The molecule has 0 saturated heterocycles. The Balaban J connectivity index is 1.58. The number of esters is 1. The Morgan fingerprint density at radius 1 is 1.10 bits per heavy atom. The first-order valence-corrected chi connectivity index (χ1v) is 9.64. The van der Waals surface area contributed by atoms with E-state index in [1.54, 1.807) is 42.7 Å². The Hall–Kier alpha value is -4.13. The second-order valence-electron chi connectivity index (χ2n) is 7.24. The van der Waals surface area contributed by atoms with E-state index in [0.29, 0.717) is 33.9 Å². The van der Waals surface area contributed by atoms with Crippen LogP contribution >= 0.6 is 0 Å². The molecule has 2 aliphatic rings. The number of aromatic hydroxyl groups is 1. The van der Waals surface area contributed by atoms with Gasteiger partial charge in [-0.2, -0.15) is 0 Å². The van der Waals surface area contributed by atoms with Gasteiger partial charge in [0.15, 0.2) is 17.3 Å². The van der Waals surface area contributed by atoms with Crippen LogP contribution in [0.3, 0.4) is 0 Å². The SMILES string of the molecule is COc1ccc(/C=C2\Oc3c(ccc4c3[C@H](c3ccncc3)CC(=O)O4)C2=O)cc1O. The number of rotatable bonds is 3. The molecule has 2 aliphatic heterocycles. The number of phenols is 1. The lowest BCUT2D eigenvalue weighted by atomic mass is 9.85. The maximum Gasteiger partial charge on any atom is 0.312 e. The van der Waals surface area contributed by atoms with Crippen LogP contribution in [0.5, 0.6) is 23.0 Å². The maximum atomic E-state index is 13.0. The largest absolute Gasteiger partial charge is 0.504 e. The molecule has 7 heteroatoms. The third-order valence-electron chi connectivity index (χ3n) is 5.39. The summed E-state index contributed by atoms with van der Waals surface area (Å²) in [7, 11) is 1.46. The van der Waals surface area contributed by atoms with Crippen molar-refractivity contribution in [1.29, 1.82) is 0 Å². The monoisotopic (exact) mass is 415 g/mol. The molecule has 154 valence electrons. The summed E-state index contributed by atoms with van der Waals surface area (Å²) in [6.45, 7) is 0. The van der Waals surface area contributed by atoms with Gasteiger partial charge in [-0.3, -0.25) is 14.6 Å². The van der Waals surface area contributed by atoms with Crippen LogP contribution in [0.25, 0.3) is 6.08 Å². The molecule has 0 saturated carbocycles. The van der Waals surface area contributed by atoms with E-state index in [1.165, 1.54) is 13.2 Å². The van der Waals surface area contributed by atoms with Gasteiger partial charge < -0.3 is 19.3 Å². The first kappa shape index (κ1) is 18.9. The number of ketones is 1. The Bertz CT molecular complexity index is 1250. The number of Topliss-reactive ketones (excluding diaryl/α,β-unsaturated/α-hetero) is 1. The number of nitrogens with zero attached hydrogens (tertiary/aromatic N) is 1. The molecule has 7 nitrogen and oxygen atoms in total. The second kappa shape index (κ2) is 7.28. The number of fused-ring (bicyclic) bond motifs is 3. The Labute approximate surface area is 177 Å². The first-order valence-electron chi connectivity index (χ1n) is 9.64. The third kappa shape index (κ3) is 3.20. The molecule has 0 amide bonds. The van der Waals surface area contributed by atoms with Gasteiger partial charge in [0.1, 0.15) is 11.5 Å². The molecule has 0 radical (unpaired) electrons. The lowest BCUT2D eigenvalue weighted by Crippen LogP contribution is -2.21. The van der Waals surface area contributed by atoms with Gasteiger partial charge in [0, 0.05) is 23.9 Å². The minimum atomic E-state index is -0.344. The molecule has 0 bridgehead atoms. The number of allylic oxidation sites excluding steroid dienone is 1. The standard InChI is InChI=1S/C24H17NO6/c1-29-18-4-2-13(10-17(18)26)11-20-23(28)15-3-5-19-22(24(15)31-20)16(12-21(27)30-19)14-6-8-25-9-7-14/h2-11,16,26H,12H2,1H3/b20-11-/t16-/m0/s1. The minimum Gasteiger partial charge on any atom is -0.504 e. The number of benzene rings is 2. The van der Waals surface area contributed by atoms with Gasteiger partial charge in [-0.1, -0.05) is 6.07 Å². The zero-order valence-corrected chi connectivity index (χ0v) is 16.5. The molecule has 0 spiro atoms. The number of methoxy groups -OCH3 is 1. The third-order valence-corrected chi connectivity index (χ3v) is 5.39. The normalized spacial score (nSPS) is 18.2. The van der Waals surface area contributed by atoms with E-state index < -0.39 is 0 Å². The van der Waals surface area contributed by atoms with E-state index in [0.717, 1.165) is 5.56 Å². The van der Waals surface area contributed by atoms with Crippen LogP contribution in [-0.4, -0.2) is 29.0 Å². The van der Waals surface area contributed by atoms with E-state index in [-0.39, 0.29) is 35.6 Å². The predicted molar refractivity (Wildman–Crippen MR) is 110 cm³/mol. The molecule has 0 unspecified atom stereocenters. The van der Waals surface area contributed by atoms with Crippen molar-refractivity contribution < 1.29 is 28.9 Å². The summed E-state index contributed by atoms with van der Waals surface area (Å²) in [6.07, 6.45) is 5.01. The van der Waals surface area contributed by atoms with Crippen LogP contribution in [0.4, 0.5) is 0 Å². The molecule has 1 N–H and O–H groups in total. The molecule has 3 heterocycles. The van der Waals surface area contributed by atoms with E-state index in [2.05, 4.69) is 4.98 Å². The van der Waals surface area contributed by atoms with Gasteiger partial charge in [-0.05, 0) is 53.6 Å². The van der Waals surface area contributed by atoms with Gasteiger partial charge >= 0.3 is 5.97 Å². The summed E-state index contributed by atoms with van der Waals surface area (Å²) in [4.78, 5) is 29.2. The smallest absolute Gasteiger partial charge is 0.312 e. The van der Waals surface area contributed by atoms with Crippen molar-refractivity contribution in [3.63, 3.8) is 0 Å². The molecule has 5 rings (SSSR count). The zero-order valence-electron chi connectivity index (χ0n) is 16.5. The Morgan fingerprint density at radius 2 is 1.90 bits per heavy atom. The first-order chi connectivity index (χ1) is 15.0. The highest BCUT2D eigenvalue weighted by atomic mass is 16.5. The molecule has 1 atom stereocenters. The molecule has 3 aromatic rings. The topological polar surface area (TPSA) is 95.0 Å². The van der Waals surface area contributed by atoms with Crippen molar-refractivity contribution in [3.05, 3.63) is 82.9 Å². The van der Waals surface area contributed by atoms with E-state index >= 15 is 0 Å². The number of aromatic nitrogens is 1. The van der Waals surface area contributed by atoms with Gasteiger partial charge in [-0.15, -0.1) is 0 Å². The van der Waals surface area contributed by atoms with Crippen molar-refractivity contribution in [2.45, 2.75) is 12.3 Å². The highest BCUT2D eigenvalue weighted by Crippen LogP contribution is 2.48. The lowest BCUT2D eigenvalue weighted by Gasteiger charge is -2.26. The van der Waals surface area contributed by atoms with Gasteiger partial charge in [0.05, 0.1) is 19.1 Å². The van der Waals surface area contributed by atoms with Gasteiger partial charge in [0.25, 0.3) is 0 Å². The molecule has 0 aliphatic carbocycles. The van der Waals surface area contributed by atoms with E-state index in [4.69, 9.17) is 14.2 Å².